The Bertz CT molecular complexity index is 3130. The molecule has 0 saturated heterocycles. The molecule has 0 radical (unpaired) electrons. The molecule has 10 rings (SSSR count). The van der Waals surface area contributed by atoms with Gasteiger partial charge in [-0.1, -0.05) is 35.7 Å². The van der Waals surface area contributed by atoms with Gasteiger partial charge in [-0.2, -0.15) is 0 Å². The average Bonchev–Trinajstić information content (AvgIpc) is 2.40. The number of aromatic nitrogens is 4. The normalized spacial score (nSPS) is 27.4. The first kappa shape index (κ1) is 69.6. The van der Waals surface area contributed by atoms with Crippen molar-refractivity contribution < 1.29 is 209 Å². The molecule has 2 unspecified atom stereocenters. The van der Waals surface area contributed by atoms with E-state index < -0.39 is 67.5 Å². The van der Waals surface area contributed by atoms with Crippen LogP contribution in [0.15, 0.2) is 75.8 Å². The Labute approximate surface area is 596 Å². The molecule has 81 heavy (non-hydrogen) atoms. The van der Waals surface area contributed by atoms with Crippen LogP contribution in [0.25, 0.3) is 23.8 Å². The van der Waals surface area contributed by atoms with Crippen molar-refractivity contribution in [2.75, 3.05) is 41.4 Å². The minimum Gasteiger partial charge on any atom is -1.00 e. The van der Waals surface area contributed by atoms with E-state index in [0.29, 0.717) is 28.6 Å². The zero-order valence-electron chi connectivity index (χ0n) is 45.9. The fourth-order valence-electron chi connectivity index (χ4n) is 9.40. The largest absolute Gasteiger partial charge is 1.00 e. The SMILES string of the molecule is CN(C)C(=O)[C@]12C[C@H]1[C@@](C)(c1cc(/C=C(\F)c3cnc(Br)cn3)ccc1F)N=C(N)S2.CN(C)C(=O)[C@]12C[C@H]1[C@@](C)(c1cc(/C=C(\F)c3cnc(OCC4CC4(F)F)cn3)ccc1F)N=C(N)S2.O=CO[O-].OCC1CC1(F)F.[Cs+].[Cs+].[H-]. The van der Waals surface area contributed by atoms with Crippen molar-refractivity contribution in [3.63, 3.8) is 0 Å². The van der Waals surface area contributed by atoms with Crippen molar-refractivity contribution in [1.29, 1.82) is 0 Å². The number of ether oxygens (including phenoxy) is 1. The number of carbonyl (C=O) groups is 3. The number of alkyl halides is 4. The molecule has 2 aromatic carbocycles. The molecular weight excluding hydrogens is 1430 g/mol. The predicted octanol–water partition coefficient (Wildman–Crippen LogP) is 1.40. The number of aliphatic hydroxyl groups excluding tert-OH is 1. The van der Waals surface area contributed by atoms with Gasteiger partial charge in [-0.05, 0) is 90.2 Å². The molecule has 4 fully saturated rings. The molecule has 4 aliphatic carbocycles. The van der Waals surface area contributed by atoms with Gasteiger partial charge in [0.15, 0.2) is 22.0 Å². The van der Waals surface area contributed by atoms with Crippen molar-refractivity contribution in [3.8, 4) is 5.88 Å². The molecular formula is C51H53BrCs2F8N10O7S2. The number of nitrogens with two attached hydrogens (primary N) is 2. The molecule has 0 bridgehead atoms. The summed E-state index contributed by atoms with van der Waals surface area (Å²) in [6, 6.07) is 8.43. The number of amidine groups is 2. The first-order valence-corrected chi connectivity index (χ1v) is 26.3. The monoisotopic (exact) mass is 1480 g/mol. The van der Waals surface area contributed by atoms with Crippen LogP contribution in [0, 0.1) is 35.3 Å². The summed E-state index contributed by atoms with van der Waals surface area (Å²) in [5, 5.41) is 16.9. The van der Waals surface area contributed by atoms with Crippen molar-refractivity contribution >= 4 is 91.9 Å². The maximum atomic E-state index is 15.1. The predicted molar refractivity (Wildman–Crippen MR) is 282 cm³/mol. The number of hydrogen-bond acceptors (Lipinski definition) is 17. The van der Waals surface area contributed by atoms with Crippen LogP contribution in [0.4, 0.5) is 35.1 Å². The fraction of sp³-hybridized carbons (Fsp3) is 0.431. The van der Waals surface area contributed by atoms with E-state index in [2.05, 4.69) is 50.7 Å². The number of aliphatic hydroxyl groups is 1. The molecule has 17 nitrogen and oxygen atoms in total. The van der Waals surface area contributed by atoms with Gasteiger partial charge in [-0.15, -0.1) is 0 Å². The van der Waals surface area contributed by atoms with Crippen LogP contribution < -0.4 is 159 Å². The summed E-state index contributed by atoms with van der Waals surface area (Å²) < 4.78 is 113. The minimum absolute atomic E-state index is 0. The van der Waals surface area contributed by atoms with E-state index in [9.17, 15) is 40.3 Å². The van der Waals surface area contributed by atoms with Crippen LogP contribution in [0.5, 0.6) is 5.88 Å². The average molecular weight is 1480 g/mol. The van der Waals surface area contributed by atoms with Crippen LogP contribution in [0.3, 0.4) is 0 Å². The third-order valence-corrected chi connectivity index (χ3v) is 17.0. The Morgan fingerprint density at radius 1 is 0.741 bits per heavy atom. The van der Waals surface area contributed by atoms with Gasteiger partial charge in [0.2, 0.25) is 17.7 Å². The number of aliphatic imine (C=N–C) groups is 2. The van der Waals surface area contributed by atoms with E-state index in [1.165, 1.54) is 88.2 Å². The zero-order valence-corrected chi connectivity index (χ0v) is 60.7. The summed E-state index contributed by atoms with van der Waals surface area (Å²) in [5.41, 5.74) is 11.3. The molecule has 5 N–H and O–H groups in total. The van der Waals surface area contributed by atoms with Gasteiger partial charge < -0.3 is 42.7 Å². The van der Waals surface area contributed by atoms with E-state index in [-0.39, 0.29) is 234 Å². The number of amides is 2. The molecule has 2 aromatic heterocycles. The number of benzene rings is 2. The number of nitrogens with zero attached hydrogens (tertiary/aromatic N) is 8. The Morgan fingerprint density at radius 2 is 1.15 bits per heavy atom. The van der Waals surface area contributed by atoms with Gasteiger partial charge in [0, 0.05) is 64.0 Å². The summed E-state index contributed by atoms with van der Waals surface area (Å²) in [5.74, 6) is -9.82. The van der Waals surface area contributed by atoms with Crippen LogP contribution in [-0.4, -0.2) is 126 Å². The molecule has 2 amide bonds. The maximum Gasteiger partial charge on any atom is 1.00 e. The first-order chi connectivity index (χ1) is 37.0. The minimum atomic E-state index is -2.70. The standard InChI is InChI=1S/C25H25F4N5O2S.C21H20BrF2N5OS.C4H6F2O.CH2O3.2Cs.H/c1-23(19-9-24(19,21(35)34(2)3)37-22(30)33-23)15-6-13(4-5-16(15)26)7-17(27)18-10-32-20(11-31-18)36-12-14-8-25(14,28)29;1-20(16-8-21(16,18(30)29(2)3)31-19(25)28-20)12-6-11(4-5-13(12)23)7-14(24)15-9-27-17(22)10-26-15;5-4(6)1-3(4)2-7;2-1-4-3;;;/h4-7,10-11,14,19H,8-9,12H2,1-3H3,(H2,30,33);4-7,9-10,16H,8H2,1-3H3,(H2,25,28);3,7H,1-2H2;1,3H;;;/q;;;;2*+1;-1/p-1/b17-7-;14-7-;;;;;/t14?,19-,23+,24-;16-,20+,21-;;;;;/m00...../s1. The zero-order chi connectivity index (χ0) is 58.2. The molecule has 6 aliphatic rings. The molecule has 4 aromatic rings. The Balaban J connectivity index is 0.000000291. The molecule has 30 heteroatoms. The molecule has 426 valence electrons. The summed E-state index contributed by atoms with van der Waals surface area (Å²) in [6.45, 7) is 2.77. The van der Waals surface area contributed by atoms with Crippen molar-refractivity contribution in [2.24, 2.45) is 45.1 Å². The number of thioether (sulfide) groups is 2. The van der Waals surface area contributed by atoms with Gasteiger partial charge in [-0.25, -0.2) is 55.1 Å². The van der Waals surface area contributed by atoms with E-state index in [4.69, 9.17) is 31.4 Å². The summed E-state index contributed by atoms with van der Waals surface area (Å²) in [4.78, 5) is 64.9. The van der Waals surface area contributed by atoms with Crippen LogP contribution in [0.1, 0.15) is 74.6 Å². The summed E-state index contributed by atoms with van der Waals surface area (Å²) in [7, 11) is 6.70. The van der Waals surface area contributed by atoms with E-state index in [1.807, 2.05) is 0 Å². The molecule has 4 heterocycles. The number of fused-ring (bicyclic) bond motifs is 2. The smallest absolute Gasteiger partial charge is 1.00 e. The van der Waals surface area contributed by atoms with E-state index in [1.54, 1.807) is 48.1 Å². The maximum absolute atomic E-state index is 15.1. The van der Waals surface area contributed by atoms with Gasteiger partial charge in [-0.3, -0.25) is 24.4 Å². The first-order valence-electron chi connectivity index (χ1n) is 23.9. The topological polar surface area (TPSA) is 248 Å². The second kappa shape index (κ2) is 27.7. The van der Waals surface area contributed by atoms with Crippen LogP contribution in [0.2, 0.25) is 0 Å². The summed E-state index contributed by atoms with van der Waals surface area (Å²) >= 11 is 5.60. The quantitative estimate of drug-likeness (QED) is 0.0742. The van der Waals surface area contributed by atoms with Crippen molar-refractivity contribution in [3.05, 3.63) is 111 Å². The van der Waals surface area contributed by atoms with Gasteiger partial charge in [0.25, 0.3) is 18.3 Å². The third-order valence-electron chi connectivity index (χ3n) is 14.0. The van der Waals surface area contributed by atoms with Crippen molar-refractivity contribution in [2.45, 2.75) is 71.9 Å². The summed E-state index contributed by atoms with van der Waals surface area (Å²) in [6.07, 6.45) is 8.12. The van der Waals surface area contributed by atoms with Gasteiger partial charge in [0.05, 0.1) is 60.9 Å². The molecule has 8 atom stereocenters. The molecule has 0 spiro atoms. The van der Waals surface area contributed by atoms with E-state index in [0.717, 1.165) is 12.4 Å². The number of hydrogen-bond donors (Lipinski definition) is 3. The van der Waals surface area contributed by atoms with E-state index >= 15 is 4.39 Å². The fourth-order valence-corrected chi connectivity index (χ4v) is 12.6. The second-order valence-electron chi connectivity index (χ2n) is 20.0. The van der Waals surface area contributed by atoms with Gasteiger partial charge in [0.1, 0.15) is 37.1 Å². The Kier molecular flexibility index (Phi) is 23.8. The second-order valence-corrected chi connectivity index (χ2v) is 23.5. The Morgan fingerprint density at radius 3 is 1.47 bits per heavy atom. The molecule has 4 saturated carbocycles. The van der Waals surface area contributed by atoms with Crippen LogP contribution in [-0.2, 0) is 30.3 Å². The van der Waals surface area contributed by atoms with Gasteiger partial charge >= 0.3 is 138 Å². The van der Waals surface area contributed by atoms with Crippen LogP contribution >= 0.6 is 39.5 Å². The van der Waals surface area contributed by atoms with Crippen molar-refractivity contribution in [1.82, 2.24) is 29.7 Å². The number of carbonyl (C=O) groups excluding carboxylic acids is 3. The third kappa shape index (κ3) is 15.9. The molecule has 2 aliphatic heterocycles. The number of halogens is 9. The number of rotatable bonds is 13. The Hall–Kier alpha value is -2.13.